The number of amides is 2. The van der Waals surface area contributed by atoms with Gasteiger partial charge in [-0.05, 0) is 73.4 Å². The molecule has 1 aliphatic rings. The summed E-state index contributed by atoms with van der Waals surface area (Å²) in [6.45, 7) is 1.27. The van der Waals surface area contributed by atoms with E-state index in [1.54, 1.807) is 42.5 Å². The lowest BCUT2D eigenvalue weighted by molar-refractivity contribution is -0.140. The van der Waals surface area contributed by atoms with Crippen LogP contribution in [-0.2, 0) is 26.2 Å². The van der Waals surface area contributed by atoms with E-state index in [-0.39, 0.29) is 29.1 Å². The molecule has 0 heterocycles. The van der Waals surface area contributed by atoms with Crippen LogP contribution in [0.3, 0.4) is 0 Å². The molecule has 3 aromatic rings. The van der Waals surface area contributed by atoms with Gasteiger partial charge in [0.25, 0.3) is 10.0 Å². The third kappa shape index (κ3) is 7.20. The standard InChI is InChI=1S/C30H33ClFN3O4S/c1-2-28(30(37)33-25-8-6-7-9-25)34(20-22-12-16-24(32)17-13-22)29(36)21-35(26-18-14-23(31)15-19-26)40(38,39)27-10-4-3-5-11-27/h3-5,10-19,25,28H,2,6-9,20-21H2,1H3,(H,33,37). The van der Waals surface area contributed by atoms with Crippen LogP contribution in [0.1, 0.15) is 44.6 Å². The van der Waals surface area contributed by atoms with Gasteiger partial charge in [-0.25, -0.2) is 12.8 Å². The highest BCUT2D eigenvalue weighted by Gasteiger charge is 2.34. The average molecular weight is 586 g/mol. The smallest absolute Gasteiger partial charge is 0.264 e. The molecule has 10 heteroatoms. The number of rotatable bonds is 11. The van der Waals surface area contributed by atoms with E-state index in [9.17, 15) is 22.4 Å². The van der Waals surface area contributed by atoms with E-state index in [1.165, 1.54) is 41.3 Å². The van der Waals surface area contributed by atoms with Crippen LogP contribution in [0.2, 0.25) is 5.02 Å². The Kier molecular flexibility index (Phi) is 9.81. The van der Waals surface area contributed by atoms with Crippen LogP contribution >= 0.6 is 11.6 Å². The lowest BCUT2D eigenvalue weighted by atomic mass is 10.1. The molecule has 1 fully saturated rings. The Morgan fingerprint density at radius 1 is 0.975 bits per heavy atom. The maximum atomic E-state index is 14.0. The van der Waals surface area contributed by atoms with Crippen molar-refractivity contribution in [3.8, 4) is 0 Å². The number of anilines is 1. The van der Waals surface area contributed by atoms with Crippen molar-refractivity contribution in [1.29, 1.82) is 0 Å². The molecule has 40 heavy (non-hydrogen) atoms. The molecule has 0 saturated heterocycles. The fourth-order valence-electron chi connectivity index (χ4n) is 4.93. The molecule has 0 aromatic heterocycles. The van der Waals surface area contributed by atoms with E-state index in [2.05, 4.69) is 5.32 Å². The summed E-state index contributed by atoms with van der Waals surface area (Å²) in [5.41, 5.74) is 0.873. The number of carbonyl (C=O) groups is 2. The molecule has 2 amide bonds. The molecule has 1 aliphatic carbocycles. The van der Waals surface area contributed by atoms with Gasteiger partial charge in [-0.1, -0.05) is 61.7 Å². The average Bonchev–Trinajstić information content (AvgIpc) is 3.46. The van der Waals surface area contributed by atoms with Crippen LogP contribution in [0.25, 0.3) is 0 Å². The summed E-state index contributed by atoms with van der Waals surface area (Å²) in [5, 5.41) is 3.48. The maximum absolute atomic E-state index is 14.0. The third-order valence-corrected chi connectivity index (χ3v) is 9.12. The number of nitrogens with zero attached hydrogens (tertiary/aromatic N) is 2. The summed E-state index contributed by atoms with van der Waals surface area (Å²) < 4.78 is 42.2. The first-order valence-electron chi connectivity index (χ1n) is 13.4. The molecule has 4 rings (SSSR count). The molecule has 0 radical (unpaired) electrons. The predicted molar refractivity (Wildman–Crippen MR) is 154 cm³/mol. The van der Waals surface area contributed by atoms with Crippen molar-refractivity contribution in [3.05, 3.63) is 95.3 Å². The maximum Gasteiger partial charge on any atom is 0.264 e. The first-order chi connectivity index (χ1) is 19.2. The number of benzene rings is 3. The van der Waals surface area contributed by atoms with Crippen LogP contribution in [0.5, 0.6) is 0 Å². The second kappa shape index (κ2) is 13.3. The normalized spacial score (nSPS) is 14.5. The van der Waals surface area contributed by atoms with Gasteiger partial charge in [-0.15, -0.1) is 0 Å². The minimum atomic E-state index is -4.15. The van der Waals surface area contributed by atoms with E-state index >= 15 is 0 Å². The van der Waals surface area contributed by atoms with Crippen molar-refractivity contribution in [2.45, 2.75) is 62.6 Å². The van der Waals surface area contributed by atoms with Crippen molar-refractivity contribution in [1.82, 2.24) is 10.2 Å². The number of nitrogens with one attached hydrogen (secondary N) is 1. The van der Waals surface area contributed by atoms with E-state index in [0.29, 0.717) is 17.0 Å². The fourth-order valence-corrected chi connectivity index (χ4v) is 6.49. The van der Waals surface area contributed by atoms with Crippen molar-refractivity contribution in [3.63, 3.8) is 0 Å². The van der Waals surface area contributed by atoms with Crippen molar-refractivity contribution in [2.75, 3.05) is 10.8 Å². The quantitative estimate of drug-likeness (QED) is 0.320. The molecule has 1 unspecified atom stereocenters. The Morgan fingerprint density at radius 3 is 2.20 bits per heavy atom. The van der Waals surface area contributed by atoms with Gasteiger partial charge < -0.3 is 10.2 Å². The molecule has 3 aromatic carbocycles. The third-order valence-electron chi connectivity index (χ3n) is 7.08. The number of hydrogen-bond acceptors (Lipinski definition) is 4. The first kappa shape index (κ1) is 29.6. The molecular formula is C30H33ClFN3O4S. The zero-order valence-corrected chi connectivity index (χ0v) is 23.9. The van der Waals surface area contributed by atoms with Crippen molar-refractivity contribution < 1.29 is 22.4 Å². The monoisotopic (exact) mass is 585 g/mol. The second-order valence-electron chi connectivity index (χ2n) is 9.86. The predicted octanol–water partition coefficient (Wildman–Crippen LogP) is 5.54. The van der Waals surface area contributed by atoms with Gasteiger partial charge in [-0.3, -0.25) is 13.9 Å². The largest absolute Gasteiger partial charge is 0.352 e. The Hall–Kier alpha value is -3.43. The van der Waals surface area contributed by atoms with E-state index in [0.717, 1.165) is 30.0 Å². The minimum absolute atomic E-state index is 0.00947. The van der Waals surface area contributed by atoms with Crippen LogP contribution in [-0.4, -0.2) is 43.8 Å². The van der Waals surface area contributed by atoms with Crippen LogP contribution in [0.4, 0.5) is 10.1 Å². The summed E-state index contributed by atoms with van der Waals surface area (Å²) in [6.07, 6.45) is 4.15. The first-order valence-corrected chi connectivity index (χ1v) is 15.2. The van der Waals surface area contributed by atoms with Crippen LogP contribution in [0.15, 0.2) is 83.8 Å². The van der Waals surface area contributed by atoms with Crippen molar-refractivity contribution >= 4 is 39.1 Å². The summed E-state index contributed by atoms with van der Waals surface area (Å²) in [4.78, 5) is 28.9. The van der Waals surface area contributed by atoms with E-state index in [1.807, 2.05) is 6.92 Å². The molecule has 1 N–H and O–H groups in total. The molecule has 7 nitrogen and oxygen atoms in total. The fraction of sp³-hybridized carbons (Fsp3) is 0.333. The lowest BCUT2D eigenvalue weighted by Crippen LogP contribution is -2.53. The van der Waals surface area contributed by atoms with Crippen LogP contribution < -0.4 is 9.62 Å². The summed E-state index contributed by atoms with van der Waals surface area (Å²) >= 11 is 6.06. The van der Waals surface area contributed by atoms with Gasteiger partial charge >= 0.3 is 0 Å². The second-order valence-corrected chi connectivity index (χ2v) is 12.2. The van der Waals surface area contributed by atoms with Gasteiger partial charge in [0, 0.05) is 17.6 Å². The molecule has 0 bridgehead atoms. The highest BCUT2D eigenvalue weighted by molar-refractivity contribution is 7.92. The SMILES string of the molecule is CCC(C(=O)NC1CCCC1)N(Cc1ccc(F)cc1)C(=O)CN(c1ccc(Cl)cc1)S(=O)(=O)c1ccccc1. The molecule has 0 spiro atoms. The number of sulfonamides is 1. The summed E-state index contributed by atoms with van der Waals surface area (Å²) in [7, 11) is -4.15. The van der Waals surface area contributed by atoms with Gasteiger partial charge in [0.05, 0.1) is 10.6 Å². The zero-order chi connectivity index (χ0) is 28.7. The van der Waals surface area contributed by atoms with E-state index < -0.39 is 34.3 Å². The summed E-state index contributed by atoms with van der Waals surface area (Å²) in [5.74, 6) is -1.27. The molecule has 1 saturated carbocycles. The number of carbonyl (C=O) groups excluding carboxylic acids is 2. The van der Waals surface area contributed by atoms with Gasteiger partial charge in [0.1, 0.15) is 18.4 Å². The topological polar surface area (TPSA) is 86.8 Å². The zero-order valence-electron chi connectivity index (χ0n) is 22.3. The van der Waals surface area contributed by atoms with Gasteiger partial charge in [0.2, 0.25) is 11.8 Å². The Labute approximate surface area is 240 Å². The Morgan fingerprint density at radius 2 is 1.60 bits per heavy atom. The Bertz CT molecular complexity index is 1400. The molecule has 0 aliphatic heterocycles. The number of hydrogen-bond donors (Lipinski definition) is 1. The molecule has 1 atom stereocenters. The van der Waals surface area contributed by atoms with Crippen LogP contribution in [0, 0.1) is 5.82 Å². The number of halogens is 2. The minimum Gasteiger partial charge on any atom is -0.352 e. The Balaban J connectivity index is 1.69. The highest BCUT2D eigenvalue weighted by atomic mass is 35.5. The van der Waals surface area contributed by atoms with E-state index in [4.69, 9.17) is 11.6 Å². The lowest BCUT2D eigenvalue weighted by Gasteiger charge is -2.33. The molecular weight excluding hydrogens is 553 g/mol. The summed E-state index contributed by atoms with van der Waals surface area (Å²) in [6, 6.07) is 18.9. The van der Waals surface area contributed by atoms with Gasteiger partial charge in [-0.2, -0.15) is 0 Å². The van der Waals surface area contributed by atoms with Crippen molar-refractivity contribution in [2.24, 2.45) is 0 Å². The van der Waals surface area contributed by atoms with Gasteiger partial charge in [0.15, 0.2) is 0 Å². The molecule has 212 valence electrons. The highest BCUT2D eigenvalue weighted by Crippen LogP contribution is 2.26.